The van der Waals surface area contributed by atoms with Crippen LogP contribution >= 0.6 is 0 Å². The molecule has 0 rings (SSSR count). The van der Waals surface area contributed by atoms with Crippen molar-refractivity contribution in [3.05, 3.63) is 48.6 Å². The Morgan fingerprint density at radius 1 is 0.517 bits per heavy atom. The molecule has 0 heterocycles. The molecule has 6 heteroatoms. The van der Waals surface area contributed by atoms with E-state index in [9.17, 15) is 19.8 Å². The quantitative estimate of drug-likeness (QED) is 0.0246. The minimum atomic E-state index is -0.794. The van der Waals surface area contributed by atoms with E-state index < -0.39 is 18.2 Å². The first-order chi connectivity index (χ1) is 28.5. The van der Waals surface area contributed by atoms with Gasteiger partial charge in [-0.05, 0) is 64.2 Å². The molecule has 0 saturated carbocycles. The fraction of sp³-hybridized carbons (Fsp3) is 0.808. The summed E-state index contributed by atoms with van der Waals surface area (Å²) in [5.41, 5.74) is 0. The summed E-state index contributed by atoms with van der Waals surface area (Å²) in [4.78, 5) is 26.0. The number of amides is 1. The van der Waals surface area contributed by atoms with Crippen LogP contribution in [-0.4, -0.2) is 46.9 Å². The molecule has 338 valence electrons. The molecule has 58 heavy (non-hydrogen) atoms. The standard InChI is InChI=1S/C52H95NO5/c1-4-7-10-13-16-19-22-24-25-27-30-32-35-38-41-44-50(55)49(47-54)53-51(56)46-48(43-40-37-34-31-29-26-23-20-17-14-11-8-5-2)58-52(57)45-42-39-36-33-28-21-18-15-12-9-6-3/h8,11,14-15,17-18,20,23,48-50,54-55H,4-7,9-10,12-13,16,19,21-22,24-47H2,1-3H3,(H,53,56)/b11-8+,17-14+,18-15-,23-20+. The van der Waals surface area contributed by atoms with Crippen molar-refractivity contribution in [3.63, 3.8) is 0 Å². The predicted molar refractivity (Wildman–Crippen MR) is 250 cm³/mol. The molecular formula is C52H95NO5. The summed E-state index contributed by atoms with van der Waals surface area (Å²) in [5, 5.41) is 23.7. The van der Waals surface area contributed by atoms with Gasteiger partial charge in [-0.25, -0.2) is 0 Å². The molecule has 3 atom stereocenters. The second-order valence-corrected chi connectivity index (χ2v) is 16.9. The fourth-order valence-corrected chi connectivity index (χ4v) is 7.41. The number of ether oxygens (including phenoxy) is 1. The summed E-state index contributed by atoms with van der Waals surface area (Å²) in [5.74, 6) is -0.503. The Kier molecular flexibility index (Phi) is 44.2. The van der Waals surface area contributed by atoms with E-state index in [2.05, 4.69) is 74.7 Å². The molecule has 0 saturated heterocycles. The van der Waals surface area contributed by atoms with Crippen molar-refractivity contribution in [2.45, 2.75) is 264 Å². The van der Waals surface area contributed by atoms with Gasteiger partial charge in [0.05, 0.1) is 25.2 Å². The van der Waals surface area contributed by atoms with Crippen molar-refractivity contribution in [2.24, 2.45) is 0 Å². The van der Waals surface area contributed by atoms with Crippen LogP contribution in [0.2, 0.25) is 0 Å². The first kappa shape index (κ1) is 55.8. The molecule has 3 N–H and O–H groups in total. The molecule has 0 radical (unpaired) electrons. The molecule has 0 aliphatic heterocycles. The Morgan fingerprint density at radius 3 is 1.50 bits per heavy atom. The van der Waals surface area contributed by atoms with Gasteiger partial charge >= 0.3 is 5.97 Å². The van der Waals surface area contributed by atoms with Gasteiger partial charge in [0.2, 0.25) is 5.91 Å². The predicted octanol–water partition coefficient (Wildman–Crippen LogP) is 14.7. The van der Waals surface area contributed by atoms with Crippen molar-refractivity contribution in [1.82, 2.24) is 5.32 Å². The van der Waals surface area contributed by atoms with Crippen molar-refractivity contribution < 1.29 is 24.5 Å². The largest absolute Gasteiger partial charge is 0.462 e. The van der Waals surface area contributed by atoms with Gasteiger partial charge in [0.25, 0.3) is 0 Å². The van der Waals surface area contributed by atoms with Crippen LogP contribution in [0.15, 0.2) is 48.6 Å². The number of carbonyl (C=O) groups excluding carboxylic acids is 2. The van der Waals surface area contributed by atoms with Crippen LogP contribution in [0.25, 0.3) is 0 Å². The summed E-state index contributed by atoms with van der Waals surface area (Å²) in [6.45, 7) is 6.31. The maximum Gasteiger partial charge on any atom is 0.306 e. The number of allylic oxidation sites excluding steroid dienone is 8. The topological polar surface area (TPSA) is 95.9 Å². The zero-order valence-corrected chi connectivity index (χ0v) is 38.4. The second-order valence-electron chi connectivity index (χ2n) is 16.9. The average molecular weight is 814 g/mol. The van der Waals surface area contributed by atoms with Crippen LogP contribution < -0.4 is 5.32 Å². The minimum absolute atomic E-state index is 0.0610. The van der Waals surface area contributed by atoms with Gasteiger partial charge in [-0.3, -0.25) is 9.59 Å². The Hall–Kier alpha value is -2.18. The normalized spacial score (nSPS) is 13.7. The number of hydrogen-bond donors (Lipinski definition) is 3. The lowest BCUT2D eigenvalue weighted by Crippen LogP contribution is -2.46. The highest BCUT2D eigenvalue weighted by atomic mass is 16.5. The second kappa shape index (κ2) is 45.9. The number of unbranched alkanes of at least 4 members (excludes halogenated alkanes) is 26. The number of hydrogen-bond acceptors (Lipinski definition) is 5. The van der Waals surface area contributed by atoms with Crippen molar-refractivity contribution in [3.8, 4) is 0 Å². The SMILES string of the molecule is CC/C=C/C=C/C=C/CCCCCCCC(CC(=O)NC(CO)C(O)CCCCCCCCCCCCCCCCC)OC(=O)CCCCCCC/C=C\CCCC. The van der Waals surface area contributed by atoms with E-state index in [1.165, 1.54) is 109 Å². The van der Waals surface area contributed by atoms with Crippen molar-refractivity contribution in [2.75, 3.05) is 6.61 Å². The van der Waals surface area contributed by atoms with E-state index in [1.807, 2.05) is 0 Å². The highest BCUT2D eigenvalue weighted by Gasteiger charge is 2.24. The van der Waals surface area contributed by atoms with Gasteiger partial charge < -0.3 is 20.3 Å². The van der Waals surface area contributed by atoms with Crippen LogP contribution in [0.5, 0.6) is 0 Å². The lowest BCUT2D eigenvalue weighted by atomic mass is 10.0. The van der Waals surface area contributed by atoms with Crippen molar-refractivity contribution >= 4 is 11.9 Å². The van der Waals surface area contributed by atoms with Crippen LogP contribution in [0.1, 0.15) is 245 Å². The smallest absolute Gasteiger partial charge is 0.306 e. The third-order valence-electron chi connectivity index (χ3n) is 11.2. The third-order valence-corrected chi connectivity index (χ3v) is 11.2. The van der Waals surface area contributed by atoms with E-state index >= 15 is 0 Å². The maximum absolute atomic E-state index is 13.2. The van der Waals surface area contributed by atoms with E-state index in [1.54, 1.807) is 0 Å². The molecule has 0 fully saturated rings. The fourth-order valence-electron chi connectivity index (χ4n) is 7.41. The first-order valence-corrected chi connectivity index (χ1v) is 24.9. The molecule has 0 aliphatic carbocycles. The average Bonchev–Trinajstić information content (AvgIpc) is 3.22. The zero-order valence-electron chi connectivity index (χ0n) is 38.4. The summed E-state index contributed by atoms with van der Waals surface area (Å²) in [7, 11) is 0. The molecule has 0 aromatic rings. The van der Waals surface area contributed by atoms with Gasteiger partial charge in [0.1, 0.15) is 6.10 Å². The lowest BCUT2D eigenvalue weighted by molar-refractivity contribution is -0.151. The van der Waals surface area contributed by atoms with Gasteiger partial charge in [-0.1, -0.05) is 217 Å². The van der Waals surface area contributed by atoms with E-state index in [-0.39, 0.29) is 24.9 Å². The van der Waals surface area contributed by atoms with Crippen LogP contribution in [0.3, 0.4) is 0 Å². The minimum Gasteiger partial charge on any atom is -0.462 e. The molecule has 3 unspecified atom stereocenters. The monoisotopic (exact) mass is 814 g/mol. The van der Waals surface area contributed by atoms with Gasteiger partial charge in [0.15, 0.2) is 0 Å². The zero-order chi connectivity index (χ0) is 42.4. The highest BCUT2D eigenvalue weighted by molar-refractivity contribution is 5.77. The van der Waals surface area contributed by atoms with Crippen LogP contribution in [0.4, 0.5) is 0 Å². The number of esters is 1. The molecular weight excluding hydrogens is 719 g/mol. The number of aliphatic hydroxyl groups is 2. The Morgan fingerprint density at radius 2 is 0.966 bits per heavy atom. The number of aliphatic hydroxyl groups excluding tert-OH is 2. The highest BCUT2D eigenvalue weighted by Crippen LogP contribution is 2.18. The molecule has 6 nitrogen and oxygen atoms in total. The van der Waals surface area contributed by atoms with Gasteiger partial charge in [-0.15, -0.1) is 0 Å². The number of rotatable bonds is 44. The summed E-state index contributed by atoms with van der Waals surface area (Å²) < 4.78 is 5.90. The van der Waals surface area contributed by atoms with Crippen LogP contribution in [-0.2, 0) is 14.3 Å². The summed E-state index contributed by atoms with van der Waals surface area (Å²) in [6.07, 6.45) is 54.5. The maximum atomic E-state index is 13.2. The molecule has 0 aliphatic rings. The summed E-state index contributed by atoms with van der Waals surface area (Å²) in [6, 6.07) is -0.709. The Balaban J connectivity index is 4.57. The van der Waals surface area contributed by atoms with Gasteiger partial charge in [0, 0.05) is 6.42 Å². The molecule has 1 amide bonds. The van der Waals surface area contributed by atoms with Gasteiger partial charge in [-0.2, -0.15) is 0 Å². The van der Waals surface area contributed by atoms with E-state index in [4.69, 9.17) is 4.74 Å². The third kappa shape index (κ3) is 40.6. The Labute approximate surface area is 359 Å². The molecule has 0 spiro atoms. The Bertz CT molecular complexity index is 1000. The first-order valence-electron chi connectivity index (χ1n) is 24.9. The van der Waals surface area contributed by atoms with Crippen LogP contribution in [0, 0.1) is 0 Å². The number of nitrogens with one attached hydrogen (secondary N) is 1. The summed E-state index contributed by atoms with van der Waals surface area (Å²) >= 11 is 0. The molecule has 0 bridgehead atoms. The van der Waals surface area contributed by atoms with E-state index in [0.717, 1.165) is 89.9 Å². The molecule has 0 aromatic carbocycles. The molecule has 0 aromatic heterocycles. The lowest BCUT2D eigenvalue weighted by Gasteiger charge is -2.24. The number of carbonyl (C=O) groups is 2. The van der Waals surface area contributed by atoms with Crippen molar-refractivity contribution in [1.29, 1.82) is 0 Å². The van der Waals surface area contributed by atoms with E-state index in [0.29, 0.717) is 19.3 Å².